The molecule has 1 aliphatic heterocycles. The van der Waals surface area contributed by atoms with Gasteiger partial charge in [-0.15, -0.1) is 0 Å². The Bertz CT molecular complexity index is 136. The maximum atomic E-state index is 13.0. The van der Waals surface area contributed by atoms with Crippen molar-refractivity contribution in [2.75, 3.05) is 19.6 Å². The highest BCUT2D eigenvalue weighted by atomic mass is 19.3. The van der Waals surface area contributed by atoms with Crippen LogP contribution in [0, 0.1) is 0 Å². The van der Waals surface area contributed by atoms with E-state index in [1.165, 1.54) is 11.8 Å². The molecule has 1 nitrogen and oxygen atoms in total. The van der Waals surface area contributed by atoms with Crippen molar-refractivity contribution >= 4 is 0 Å². The predicted molar refractivity (Wildman–Crippen MR) is 36.6 cm³/mol. The van der Waals surface area contributed by atoms with Crippen LogP contribution in [0.15, 0.2) is 0 Å². The van der Waals surface area contributed by atoms with Gasteiger partial charge >= 0.3 is 0 Å². The van der Waals surface area contributed by atoms with Crippen LogP contribution in [0.2, 0.25) is 0 Å². The van der Waals surface area contributed by atoms with Gasteiger partial charge in [0.15, 0.2) is 0 Å². The van der Waals surface area contributed by atoms with Crippen LogP contribution in [0.4, 0.5) is 13.2 Å². The number of nitrogens with zero attached hydrogens (tertiary/aromatic N) is 1. The summed E-state index contributed by atoms with van der Waals surface area (Å²) in [7, 11) is 0. The number of likely N-dealkylation sites (tertiary alicyclic amines) is 1. The molecule has 11 heavy (non-hydrogen) atoms. The van der Waals surface area contributed by atoms with Crippen LogP contribution in [-0.2, 0) is 0 Å². The summed E-state index contributed by atoms with van der Waals surface area (Å²) in [6.07, 6.45) is -1.97. The number of halogens is 3. The van der Waals surface area contributed by atoms with E-state index in [4.69, 9.17) is 0 Å². The zero-order chi connectivity index (χ0) is 8.48. The molecule has 1 rings (SSSR count). The van der Waals surface area contributed by atoms with Gasteiger partial charge in [0.25, 0.3) is 6.43 Å². The summed E-state index contributed by atoms with van der Waals surface area (Å²) in [6, 6.07) is 0. The van der Waals surface area contributed by atoms with Gasteiger partial charge in [0.1, 0.15) is 5.67 Å². The molecule has 1 atom stereocenters. The average molecular weight is 167 g/mol. The van der Waals surface area contributed by atoms with E-state index in [1.54, 1.807) is 0 Å². The fraction of sp³-hybridized carbons (Fsp3) is 1.00. The van der Waals surface area contributed by atoms with E-state index in [0.29, 0.717) is 13.0 Å². The molecule has 1 fully saturated rings. The highest BCUT2D eigenvalue weighted by molar-refractivity contribution is 4.86. The Labute approximate surface area is 64.2 Å². The first kappa shape index (κ1) is 8.84. The Hall–Kier alpha value is -0.250. The molecule has 0 bridgehead atoms. The molecule has 0 aromatic rings. The van der Waals surface area contributed by atoms with Crippen molar-refractivity contribution in [1.82, 2.24) is 4.90 Å². The summed E-state index contributed by atoms with van der Waals surface area (Å²) in [5.74, 6) is 0. The lowest BCUT2D eigenvalue weighted by Gasteiger charge is -2.15. The van der Waals surface area contributed by atoms with E-state index >= 15 is 0 Å². The SMILES string of the molecule is CC1(F)CCN(CC(F)F)C1. The molecule has 0 aromatic carbocycles. The van der Waals surface area contributed by atoms with Crippen LogP contribution in [0.1, 0.15) is 13.3 Å². The monoisotopic (exact) mass is 167 g/mol. The van der Waals surface area contributed by atoms with E-state index in [-0.39, 0.29) is 13.1 Å². The van der Waals surface area contributed by atoms with Crippen LogP contribution in [-0.4, -0.2) is 36.6 Å². The molecule has 0 radical (unpaired) electrons. The first-order valence-electron chi connectivity index (χ1n) is 3.69. The van der Waals surface area contributed by atoms with Gasteiger partial charge in [-0.1, -0.05) is 0 Å². The van der Waals surface area contributed by atoms with Crippen molar-refractivity contribution in [2.45, 2.75) is 25.4 Å². The molecular weight excluding hydrogens is 155 g/mol. The third-order valence-electron chi connectivity index (χ3n) is 1.90. The largest absolute Gasteiger partial charge is 0.294 e. The first-order chi connectivity index (χ1) is 4.99. The van der Waals surface area contributed by atoms with Gasteiger partial charge in [0.05, 0.1) is 6.54 Å². The molecule has 0 saturated carbocycles. The minimum atomic E-state index is -2.34. The van der Waals surface area contributed by atoms with E-state index in [9.17, 15) is 13.2 Å². The van der Waals surface area contributed by atoms with Gasteiger partial charge in [-0.2, -0.15) is 0 Å². The summed E-state index contributed by atoms with van der Waals surface area (Å²) < 4.78 is 36.6. The second-order valence-electron chi connectivity index (χ2n) is 3.29. The summed E-state index contributed by atoms with van der Waals surface area (Å²) >= 11 is 0. The second-order valence-corrected chi connectivity index (χ2v) is 3.29. The van der Waals surface area contributed by atoms with Crippen molar-refractivity contribution in [2.24, 2.45) is 0 Å². The Morgan fingerprint density at radius 1 is 1.55 bits per heavy atom. The highest BCUT2D eigenvalue weighted by Gasteiger charge is 2.34. The maximum absolute atomic E-state index is 13.0. The zero-order valence-corrected chi connectivity index (χ0v) is 6.49. The lowest BCUT2D eigenvalue weighted by atomic mass is 10.1. The van der Waals surface area contributed by atoms with Gasteiger partial charge in [0, 0.05) is 13.1 Å². The lowest BCUT2D eigenvalue weighted by Crippen LogP contribution is -2.30. The van der Waals surface area contributed by atoms with Crippen LogP contribution in [0.5, 0.6) is 0 Å². The quantitative estimate of drug-likeness (QED) is 0.604. The molecule has 0 amide bonds. The minimum Gasteiger partial charge on any atom is -0.294 e. The normalized spacial score (nSPS) is 33.5. The van der Waals surface area contributed by atoms with Crippen LogP contribution in [0.3, 0.4) is 0 Å². The van der Waals surface area contributed by atoms with Crippen LogP contribution < -0.4 is 0 Å². The second kappa shape index (κ2) is 3.01. The number of alkyl halides is 3. The van der Waals surface area contributed by atoms with E-state index < -0.39 is 12.1 Å². The van der Waals surface area contributed by atoms with Gasteiger partial charge < -0.3 is 0 Å². The number of hydrogen-bond acceptors (Lipinski definition) is 1. The van der Waals surface area contributed by atoms with Crippen molar-refractivity contribution in [3.63, 3.8) is 0 Å². The number of rotatable bonds is 2. The van der Waals surface area contributed by atoms with E-state index in [0.717, 1.165) is 0 Å². The predicted octanol–water partition coefficient (Wildman–Crippen LogP) is 1.69. The molecule has 1 heterocycles. The standard InChI is InChI=1S/C7H12F3N/c1-7(10)2-3-11(5-7)4-6(8)9/h6H,2-5H2,1H3. The topological polar surface area (TPSA) is 3.24 Å². The fourth-order valence-electron chi connectivity index (χ4n) is 1.37. The molecule has 0 spiro atoms. The summed E-state index contributed by atoms with van der Waals surface area (Å²) in [5, 5.41) is 0. The Kier molecular flexibility index (Phi) is 2.42. The minimum absolute atomic E-state index is 0.150. The molecule has 0 aromatic heterocycles. The van der Waals surface area contributed by atoms with Gasteiger partial charge in [-0.3, -0.25) is 4.90 Å². The molecule has 1 aliphatic rings. The van der Waals surface area contributed by atoms with Crippen molar-refractivity contribution in [3.8, 4) is 0 Å². The third-order valence-corrected chi connectivity index (χ3v) is 1.90. The van der Waals surface area contributed by atoms with E-state index in [2.05, 4.69) is 0 Å². The van der Waals surface area contributed by atoms with Crippen molar-refractivity contribution in [1.29, 1.82) is 0 Å². The summed E-state index contributed by atoms with van der Waals surface area (Å²) in [6.45, 7) is 1.77. The molecule has 1 unspecified atom stereocenters. The van der Waals surface area contributed by atoms with Crippen LogP contribution >= 0.6 is 0 Å². The summed E-state index contributed by atoms with van der Waals surface area (Å²) in [5.41, 5.74) is -1.26. The van der Waals surface area contributed by atoms with Crippen molar-refractivity contribution in [3.05, 3.63) is 0 Å². The Morgan fingerprint density at radius 2 is 2.18 bits per heavy atom. The zero-order valence-electron chi connectivity index (χ0n) is 6.49. The fourth-order valence-corrected chi connectivity index (χ4v) is 1.37. The Balaban J connectivity index is 2.31. The molecular formula is C7H12F3N. The smallest absolute Gasteiger partial charge is 0.251 e. The maximum Gasteiger partial charge on any atom is 0.251 e. The number of hydrogen-bond donors (Lipinski definition) is 0. The Morgan fingerprint density at radius 3 is 2.55 bits per heavy atom. The van der Waals surface area contributed by atoms with Gasteiger partial charge in [-0.25, -0.2) is 13.2 Å². The summed E-state index contributed by atoms with van der Waals surface area (Å²) in [4.78, 5) is 1.46. The lowest BCUT2D eigenvalue weighted by molar-refractivity contribution is 0.0898. The van der Waals surface area contributed by atoms with Crippen molar-refractivity contribution < 1.29 is 13.2 Å². The molecule has 0 N–H and O–H groups in total. The molecule has 1 saturated heterocycles. The van der Waals surface area contributed by atoms with Gasteiger partial charge in [-0.05, 0) is 13.3 Å². The molecule has 0 aliphatic carbocycles. The molecule has 4 heteroatoms. The highest BCUT2D eigenvalue weighted by Crippen LogP contribution is 2.24. The van der Waals surface area contributed by atoms with E-state index in [1.807, 2.05) is 0 Å². The van der Waals surface area contributed by atoms with Gasteiger partial charge in [0.2, 0.25) is 0 Å². The van der Waals surface area contributed by atoms with Crippen LogP contribution in [0.25, 0.3) is 0 Å². The third kappa shape index (κ3) is 2.69. The molecule has 66 valence electrons. The average Bonchev–Trinajstić information content (AvgIpc) is 2.08. The first-order valence-corrected chi connectivity index (χ1v) is 3.69.